The van der Waals surface area contributed by atoms with Crippen LogP contribution in [0.5, 0.6) is 0 Å². The fourth-order valence-corrected chi connectivity index (χ4v) is 2.97. The van der Waals surface area contributed by atoms with Crippen LogP contribution in [0.25, 0.3) is 0 Å². The zero-order valence-electron chi connectivity index (χ0n) is 14.3. The molecule has 2 heteroatoms. The van der Waals surface area contributed by atoms with Crippen LogP contribution >= 0.6 is 0 Å². The van der Waals surface area contributed by atoms with Crippen LogP contribution in [0.1, 0.15) is 58.1 Å². The lowest BCUT2D eigenvalue weighted by Gasteiger charge is -2.24. The predicted molar refractivity (Wildman–Crippen MR) is 91.3 cm³/mol. The zero-order valence-corrected chi connectivity index (χ0v) is 14.3. The number of rotatable bonds is 4. The second-order valence-electron chi connectivity index (χ2n) is 7.68. The Bertz CT molecular complexity index is 433. The Morgan fingerprint density at radius 3 is 2.52 bits per heavy atom. The molecular formula is C19H32N2. The van der Waals surface area contributed by atoms with Crippen molar-refractivity contribution in [1.29, 1.82) is 0 Å². The Morgan fingerprint density at radius 2 is 1.81 bits per heavy atom. The molecule has 0 spiro atoms. The Kier molecular flexibility index (Phi) is 5.83. The summed E-state index contributed by atoms with van der Waals surface area (Å²) in [6.45, 7) is 13.7. The van der Waals surface area contributed by atoms with Crippen LogP contribution in [0, 0.1) is 5.92 Å². The van der Waals surface area contributed by atoms with Crippen LogP contribution in [0.3, 0.4) is 0 Å². The maximum absolute atomic E-state index is 3.62. The molecule has 1 heterocycles. The van der Waals surface area contributed by atoms with E-state index in [1.54, 1.807) is 0 Å². The number of nitrogens with zero attached hydrogens (tertiary/aromatic N) is 1. The molecule has 1 atom stereocenters. The monoisotopic (exact) mass is 288 g/mol. The maximum Gasteiger partial charge on any atom is 0.0236 e. The van der Waals surface area contributed by atoms with Gasteiger partial charge >= 0.3 is 0 Å². The molecule has 118 valence electrons. The smallest absolute Gasteiger partial charge is 0.0236 e. The molecule has 1 aromatic rings. The molecule has 1 fully saturated rings. The van der Waals surface area contributed by atoms with Crippen molar-refractivity contribution in [2.75, 3.05) is 13.1 Å². The lowest BCUT2D eigenvalue weighted by Crippen LogP contribution is -2.35. The molecule has 2 rings (SSSR count). The minimum Gasteiger partial charge on any atom is -0.308 e. The summed E-state index contributed by atoms with van der Waals surface area (Å²) in [5, 5.41) is 3.62. The third kappa shape index (κ3) is 5.80. The first-order valence-electron chi connectivity index (χ1n) is 8.48. The molecule has 1 aromatic carbocycles. The van der Waals surface area contributed by atoms with Gasteiger partial charge in [-0.15, -0.1) is 0 Å². The second-order valence-corrected chi connectivity index (χ2v) is 7.68. The molecule has 2 nitrogen and oxygen atoms in total. The molecule has 1 aliphatic rings. The summed E-state index contributed by atoms with van der Waals surface area (Å²) in [5.74, 6) is 0.896. The van der Waals surface area contributed by atoms with E-state index in [2.05, 4.69) is 62.2 Å². The Labute approximate surface area is 130 Å². The summed E-state index contributed by atoms with van der Waals surface area (Å²) in [7, 11) is 0. The van der Waals surface area contributed by atoms with Gasteiger partial charge in [0.1, 0.15) is 0 Å². The standard InChI is InChI=1S/C19H32N2/c1-16-8-7-12-21(13-11-16)15-18-10-6-5-9-17(18)14-20-19(2,3)4/h5-6,9-10,16,20H,7-8,11-15H2,1-4H3. The molecule has 0 aliphatic carbocycles. The van der Waals surface area contributed by atoms with E-state index in [-0.39, 0.29) is 5.54 Å². The lowest BCUT2D eigenvalue weighted by molar-refractivity contribution is 0.272. The van der Waals surface area contributed by atoms with E-state index in [9.17, 15) is 0 Å². The van der Waals surface area contributed by atoms with E-state index in [0.717, 1.165) is 19.0 Å². The van der Waals surface area contributed by atoms with Crippen LogP contribution < -0.4 is 5.32 Å². The summed E-state index contributed by atoms with van der Waals surface area (Å²) in [6, 6.07) is 8.91. The third-order valence-corrected chi connectivity index (χ3v) is 4.43. The largest absolute Gasteiger partial charge is 0.308 e. The molecule has 1 aliphatic heterocycles. The predicted octanol–water partition coefficient (Wildman–Crippen LogP) is 4.20. The van der Waals surface area contributed by atoms with Crippen molar-refractivity contribution >= 4 is 0 Å². The highest BCUT2D eigenvalue weighted by atomic mass is 15.1. The van der Waals surface area contributed by atoms with Gasteiger partial charge in [-0.2, -0.15) is 0 Å². The first-order valence-corrected chi connectivity index (χ1v) is 8.48. The lowest BCUT2D eigenvalue weighted by atomic mass is 10.0. The van der Waals surface area contributed by atoms with Crippen LogP contribution in [0.2, 0.25) is 0 Å². The van der Waals surface area contributed by atoms with Crippen LogP contribution in [0.15, 0.2) is 24.3 Å². The highest BCUT2D eigenvalue weighted by Gasteiger charge is 2.15. The number of nitrogens with one attached hydrogen (secondary N) is 1. The summed E-state index contributed by atoms with van der Waals surface area (Å²) < 4.78 is 0. The van der Waals surface area contributed by atoms with Crippen LogP contribution in [-0.4, -0.2) is 23.5 Å². The summed E-state index contributed by atoms with van der Waals surface area (Å²) >= 11 is 0. The van der Waals surface area contributed by atoms with Gasteiger partial charge in [-0.1, -0.05) is 31.2 Å². The second kappa shape index (κ2) is 7.42. The van der Waals surface area contributed by atoms with Gasteiger partial charge in [0.15, 0.2) is 0 Å². The van der Waals surface area contributed by atoms with E-state index in [1.165, 1.54) is 43.5 Å². The number of hydrogen-bond acceptors (Lipinski definition) is 2. The fraction of sp³-hybridized carbons (Fsp3) is 0.684. The zero-order chi connectivity index (χ0) is 15.3. The van der Waals surface area contributed by atoms with Crippen molar-refractivity contribution in [1.82, 2.24) is 10.2 Å². The molecule has 0 bridgehead atoms. The van der Waals surface area contributed by atoms with Crippen molar-refractivity contribution in [3.63, 3.8) is 0 Å². The average molecular weight is 288 g/mol. The SMILES string of the molecule is CC1CCCN(Cc2ccccc2CNC(C)(C)C)CC1. The maximum atomic E-state index is 3.62. The van der Waals surface area contributed by atoms with Crippen molar-refractivity contribution in [2.24, 2.45) is 5.92 Å². The van der Waals surface area contributed by atoms with Gasteiger partial charge in [0, 0.05) is 18.6 Å². The molecule has 0 radical (unpaired) electrons. The molecule has 1 unspecified atom stereocenters. The minimum absolute atomic E-state index is 0.172. The highest BCUT2D eigenvalue weighted by molar-refractivity contribution is 5.27. The van der Waals surface area contributed by atoms with Gasteiger partial charge in [-0.25, -0.2) is 0 Å². The van der Waals surface area contributed by atoms with E-state index in [4.69, 9.17) is 0 Å². The number of likely N-dealkylation sites (tertiary alicyclic amines) is 1. The molecule has 21 heavy (non-hydrogen) atoms. The van der Waals surface area contributed by atoms with Crippen LogP contribution in [0.4, 0.5) is 0 Å². The first kappa shape index (κ1) is 16.5. The van der Waals surface area contributed by atoms with Gasteiger partial charge in [0.2, 0.25) is 0 Å². The molecule has 0 saturated carbocycles. The van der Waals surface area contributed by atoms with Crippen LogP contribution in [-0.2, 0) is 13.1 Å². The highest BCUT2D eigenvalue weighted by Crippen LogP contribution is 2.20. The van der Waals surface area contributed by atoms with Crippen molar-refractivity contribution in [3.8, 4) is 0 Å². The summed E-state index contributed by atoms with van der Waals surface area (Å²) in [4.78, 5) is 2.64. The van der Waals surface area contributed by atoms with E-state index < -0.39 is 0 Å². The summed E-state index contributed by atoms with van der Waals surface area (Å²) in [5.41, 5.74) is 3.11. The molecular weight excluding hydrogens is 256 g/mol. The third-order valence-electron chi connectivity index (χ3n) is 4.43. The van der Waals surface area contributed by atoms with E-state index in [1.807, 2.05) is 0 Å². The molecule has 1 saturated heterocycles. The molecule has 0 aromatic heterocycles. The molecule has 0 amide bonds. The van der Waals surface area contributed by atoms with Crippen molar-refractivity contribution < 1.29 is 0 Å². The number of hydrogen-bond donors (Lipinski definition) is 1. The normalized spacial score (nSPS) is 21.2. The average Bonchev–Trinajstić information content (AvgIpc) is 2.62. The topological polar surface area (TPSA) is 15.3 Å². The summed E-state index contributed by atoms with van der Waals surface area (Å²) in [6.07, 6.45) is 4.09. The Morgan fingerprint density at radius 1 is 1.10 bits per heavy atom. The Balaban J connectivity index is 1.99. The number of benzene rings is 1. The quantitative estimate of drug-likeness (QED) is 0.893. The van der Waals surface area contributed by atoms with E-state index in [0.29, 0.717) is 0 Å². The van der Waals surface area contributed by atoms with Gasteiger partial charge in [-0.05, 0) is 70.2 Å². The van der Waals surface area contributed by atoms with Gasteiger partial charge in [0.25, 0.3) is 0 Å². The van der Waals surface area contributed by atoms with Gasteiger partial charge in [0.05, 0.1) is 0 Å². The Hall–Kier alpha value is -0.860. The first-order chi connectivity index (χ1) is 9.94. The molecule has 1 N–H and O–H groups in total. The van der Waals surface area contributed by atoms with Crippen molar-refractivity contribution in [2.45, 2.75) is 65.6 Å². The van der Waals surface area contributed by atoms with Gasteiger partial charge in [-0.3, -0.25) is 4.90 Å². The van der Waals surface area contributed by atoms with Crippen molar-refractivity contribution in [3.05, 3.63) is 35.4 Å². The minimum atomic E-state index is 0.172. The van der Waals surface area contributed by atoms with E-state index >= 15 is 0 Å². The van der Waals surface area contributed by atoms with Gasteiger partial charge < -0.3 is 5.32 Å². The fourth-order valence-electron chi connectivity index (χ4n) is 2.97.